The van der Waals surface area contributed by atoms with Crippen LogP contribution >= 0.6 is 0 Å². The molecular weight excluding hydrogens is 433 g/mol. The van der Waals surface area contributed by atoms with E-state index in [2.05, 4.69) is 5.32 Å². The van der Waals surface area contributed by atoms with Gasteiger partial charge in [-0.3, -0.25) is 9.59 Å². The second kappa shape index (κ2) is 7.52. The minimum absolute atomic E-state index is 0.0364. The number of carbonyl (C=O) groups is 2. The highest BCUT2D eigenvalue weighted by Gasteiger charge is 2.61. The minimum Gasteiger partial charge on any atom is -0.351 e. The fourth-order valence-electron chi connectivity index (χ4n) is 7.28. The number of benzene rings is 1. The molecule has 9 heteroatoms. The number of nitrogens with zero attached hydrogens (tertiary/aromatic N) is 2. The van der Waals surface area contributed by atoms with Gasteiger partial charge in [0.15, 0.2) is 0 Å². The Hall–Kier alpha value is -2.00. The Morgan fingerprint density at radius 3 is 2.31 bits per heavy atom. The number of piperazine rings is 1. The first-order chi connectivity index (χ1) is 15.1. The number of nitrogens with one attached hydrogen (secondary N) is 1. The summed E-state index contributed by atoms with van der Waals surface area (Å²) in [5, 5.41) is 3.19. The predicted octanol–water partition coefficient (Wildman–Crippen LogP) is 2.13. The first-order valence-corrected chi connectivity index (χ1v) is 12.9. The van der Waals surface area contributed by atoms with Crippen LogP contribution < -0.4 is 5.32 Å². The van der Waals surface area contributed by atoms with Gasteiger partial charge in [-0.2, -0.15) is 4.31 Å². The summed E-state index contributed by atoms with van der Waals surface area (Å²) in [6, 6.07) is 5.03. The molecule has 7 nitrogen and oxygen atoms in total. The summed E-state index contributed by atoms with van der Waals surface area (Å²) in [5.74, 6) is 0.410. The summed E-state index contributed by atoms with van der Waals surface area (Å²) in [6.45, 7) is 2.61. The predicted molar refractivity (Wildman–Crippen MR) is 115 cm³/mol. The fraction of sp³-hybridized carbons (Fsp3) is 0.652. The zero-order valence-electron chi connectivity index (χ0n) is 18.3. The third-order valence-electron chi connectivity index (χ3n) is 7.92. The summed E-state index contributed by atoms with van der Waals surface area (Å²) < 4.78 is 40.7. The Morgan fingerprint density at radius 2 is 1.72 bits per heavy atom. The van der Waals surface area contributed by atoms with E-state index in [1.807, 2.05) is 4.90 Å². The molecule has 174 valence electrons. The Labute approximate surface area is 188 Å². The number of carbonyl (C=O) groups excluding carboxylic acids is 2. The molecule has 2 unspecified atom stereocenters. The summed E-state index contributed by atoms with van der Waals surface area (Å²) in [6.07, 6.45) is 5.47. The van der Waals surface area contributed by atoms with Crippen molar-refractivity contribution in [2.24, 2.45) is 17.3 Å². The molecule has 1 N–H and O–H groups in total. The highest BCUT2D eigenvalue weighted by atomic mass is 32.2. The van der Waals surface area contributed by atoms with Gasteiger partial charge in [-0.25, -0.2) is 12.8 Å². The molecule has 1 aromatic carbocycles. The van der Waals surface area contributed by atoms with E-state index >= 15 is 0 Å². The molecule has 1 aliphatic heterocycles. The summed E-state index contributed by atoms with van der Waals surface area (Å²) in [4.78, 5) is 27.4. The van der Waals surface area contributed by atoms with Gasteiger partial charge in [0.2, 0.25) is 21.8 Å². The maximum absolute atomic E-state index is 13.7. The van der Waals surface area contributed by atoms with E-state index in [0.717, 1.165) is 38.2 Å². The Balaban J connectivity index is 1.30. The molecule has 0 radical (unpaired) electrons. The zero-order valence-corrected chi connectivity index (χ0v) is 19.2. The van der Waals surface area contributed by atoms with Crippen LogP contribution in [0.25, 0.3) is 0 Å². The first kappa shape index (κ1) is 21.8. The fourth-order valence-corrected chi connectivity index (χ4v) is 8.73. The summed E-state index contributed by atoms with van der Waals surface area (Å²) >= 11 is 0. The van der Waals surface area contributed by atoms with E-state index in [4.69, 9.17) is 0 Å². The number of halogens is 1. The van der Waals surface area contributed by atoms with Crippen LogP contribution in [-0.2, 0) is 19.6 Å². The van der Waals surface area contributed by atoms with E-state index < -0.39 is 21.3 Å². The van der Waals surface area contributed by atoms with Crippen LogP contribution in [0.2, 0.25) is 0 Å². The molecule has 2 amide bonds. The second-order valence-corrected chi connectivity index (χ2v) is 12.3. The molecule has 1 aromatic rings. The molecular formula is C23H30FN3O4S. The highest BCUT2D eigenvalue weighted by molar-refractivity contribution is 7.89. The molecule has 5 fully saturated rings. The smallest absolute Gasteiger partial charge is 0.243 e. The van der Waals surface area contributed by atoms with Crippen molar-refractivity contribution in [3.8, 4) is 0 Å². The third kappa shape index (κ3) is 3.63. The first-order valence-electron chi connectivity index (χ1n) is 11.4. The van der Waals surface area contributed by atoms with Gasteiger partial charge < -0.3 is 10.2 Å². The van der Waals surface area contributed by atoms with Crippen molar-refractivity contribution in [2.45, 2.75) is 55.9 Å². The maximum Gasteiger partial charge on any atom is 0.243 e. The monoisotopic (exact) mass is 463 g/mol. The maximum atomic E-state index is 13.7. The Bertz CT molecular complexity index is 1040. The molecule has 4 aliphatic carbocycles. The Kier molecular flexibility index (Phi) is 5.13. The van der Waals surface area contributed by atoms with E-state index in [9.17, 15) is 22.4 Å². The standard InChI is InChI=1S/C23H30FN3O4S/c1-16(28)25-23-13-17-9-18(14-23)12-22(11-17,15-23)21(29)26-5-7-27(8-6-26)32(30,31)20-4-2-3-19(24)10-20/h2-4,10,17-18H,5-9,11-15H2,1H3,(H,25,28)/t17-,18+,22?,23?. The normalized spacial score (nSPS) is 34.5. The largest absolute Gasteiger partial charge is 0.351 e. The van der Waals surface area contributed by atoms with Crippen molar-refractivity contribution in [3.63, 3.8) is 0 Å². The van der Waals surface area contributed by atoms with Crippen LogP contribution in [-0.4, -0.2) is 61.2 Å². The number of rotatable bonds is 4. The van der Waals surface area contributed by atoms with Gasteiger partial charge in [0.25, 0.3) is 0 Å². The van der Waals surface area contributed by atoms with Gasteiger partial charge in [0, 0.05) is 38.6 Å². The van der Waals surface area contributed by atoms with E-state index in [1.54, 1.807) is 6.92 Å². The molecule has 4 saturated carbocycles. The lowest BCUT2D eigenvalue weighted by molar-refractivity contribution is -0.164. The van der Waals surface area contributed by atoms with Gasteiger partial charge in [0.1, 0.15) is 5.82 Å². The van der Waals surface area contributed by atoms with Crippen molar-refractivity contribution in [2.75, 3.05) is 26.2 Å². The third-order valence-corrected chi connectivity index (χ3v) is 9.81. The van der Waals surface area contributed by atoms with Gasteiger partial charge >= 0.3 is 0 Å². The molecule has 6 rings (SSSR count). The highest BCUT2D eigenvalue weighted by Crippen LogP contribution is 2.62. The zero-order chi connectivity index (χ0) is 22.7. The van der Waals surface area contributed by atoms with Gasteiger partial charge in [-0.15, -0.1) is 0 Å². The van der Waals surface area contributed by atoms with Crippen molar-refractivity contribution in [3.05, 3.63) is 30.1 Å². The molecule has 0 spiro atoms. The molecule has 32 heavy (non-hydrogen) atoms. The number of sulfonamides is 1. The van der Waals surface area contributed by atoms with Crippen molar-refractivity contribution >= 4 is 21.8 Å². The average Bonchev–Trinajstić information content (AvgIpc) is 2.71. The van der Waals surface area contributed by atoms with E-state index in [-0.39, 0.29) is 35.3 Å². The van der Waals surface area contributed by atoms with Gasteiger partial charge in [-0.05, 0) is 68.6 Å². The SMILES string of the molecule is CC(=O)NC12C[C@H]3C[C@@H](C1)CC(C(=O)N1CCN(S(=O)(=O)c4cccc(F)c4)CC1)(C3)C2. The van der Waals surface area contributed by atoms with Crippen LogP contribution in [0.4, 0.5) is 4.39 Å². The number of amides is 2. The lowest BCUT2D eigenvalue weighted by Crippen LogP contribution is -2.66. The minimum atomic E-state index is -3.79. The molecule has 4 atom stereocenters. The second-order valence-electron chi connectivity index (χ2n) is 10.4. The number of hydrogen-bond donors (Lipinski definition) is 1. The Morgan fingerprint density at radius 1 is 1.06 bits per heavy atom. The summed E-state index contributed by atoms with van der Waals surface area (Å²) in [7, 11) is -3.79. The van der Waals surface area contributed by atoms with Crippen LogP contribution in [0.15, 0.2) is 29.2 Å². The topological polar surface area (TPSA) is 86.8 Å². The van der Waals surface area contributed by atoms with Crippen LogP contribution in [0.1, 0.15) is 45.4 Å². The van der Waals surface area contributed by atoms with Gasteiger partial charge in [0.05, 0.1) is 10.3 Å². The van der Waals surface area contributed by atoms with E-state index in [0.29, 0.717) is 31.3 Å². The van der Waals surface area contributed by atoms with Crippen molar-refractivity contribution < 1.29 is 22.4 Å². The van der Waals surface area contributed by atoms with Crippen LogP contribution in [0.5, 0.6) is 0 Å². The van der Waals surface area contributed by atoms with Crippen LogP contribution in [0.3, 0.4) is 0 Å². The molecule has 1 saturated heterocycles. The van der Waals surface area contributed by atoms with Crippen molar-refractivity contribution in [1.82, 2.24) is 14.5 Å². The molecule has 5 aliphatic rings. The van der Waals surface area contributed by atoms with E-state index in [1.165, 1.54) is 22.5 Å². The van der Waals surface area contributed by atoms with Crippen LogP contribution in [0, 0.1) is 23.1 Å². The lowest BCUT2D eigenvalue weighted by atomic mass is 9.46. The van der Waals surface area contributed by atoms with Crippen molar-refractivity contribution in [1.29, 1.82) is 0 Å². The number of hydrogen-bond acceptors (Lipinski definition) is 4. The molecule has 1 heterocycles. The lowest BCUT2D eigenvalue weighted by Gasteiger charge is -2.62. The molecule has 4 bridgehead atoms. The van der Waals surface area contributed by atoms with Gasteiger partial charge in [-0.1, -0.05) is 6.07 Å². The average molecular weight is 464 g/mol. The summed E-state index contributed by atoms with van der Waals surface area (Å²) in [5.41, 5.74) is -0.718. The quantitative estimate of drug-likeness (QED) is 0.741. The molecule has 0 aromatic heterocycles.